The van der Waals surface area contributed by atoms with Crippen molar-refractivity contribution in [1.29, 1.82) is 0 Å². The van der Waals surface area contributed by atoms with Crippen LogP contribution >= 0.6 is 22.7 Å². The van der Waals surface area contributed by atoms with Gasteiger partial charge in [0.05, 0.1) is 0 Å². The summed E-state index contributed by atoms with van der Waals surface area (Å²) in [5.74, 6) is 0. The van der Waals surface area contributed by atoms with Crippen LogP contribution in [0.15, 0.2) is 17.5 Å². The van der Waals surface area contributed by atoms with Crippen LogP contribution in [0, 0.1) is 5.38 Å². The quantitative estimate of drug-likeness (QED) is 0.281. The van der Waals surface area contributed by atoms with E-state index >= 15 is 0 Å². The summed E-state index contributed by atoms with van der Waals surface area (Å²) >= 11 is 3.72. The number of unbranched alkanes of at least 4 members (excludes halogenated alkanes) is 6. The second kappa shape index (κ2) is 14.8. The van der Waals surface area contributed by atoms with Gasteiger partial charge in [0.15, 0.2) is 0 Å². The molecule has 0 aliphatic carbocycles. The van der Waals surface area contributed by atoms with E-state index in [0.29, 0.717) is 0 Å². The molecule has 0 atom stereocenters. The minimum atomic E-state index is 0. The Morgan fingerprint density at radius 1 is 0.917 bits per heavy atom. The normalized spacial score (nSPS) is 10.2. The number of rotatable bonds is 11. The predicted octanol–water partition coefficient (Wildman–Crippen LogP) is 4.15. The average molecular weight is 438 g/mol. The molecule has 0 amide bonds. The number of hydrogen-bond donors (Lipinski definition) is 0. The van der Waals surface area contributed by atoms with Crippen molar-refractivity contribution in [2.45, 2.75) is 78.1 Å². The van der Waals surface area contributed by atoms with Gasteiger partial charge in [-0.3, -0.25) is 11.3 Å². The predicted molar refractivity (Wildman–Crippen MR) is 108 cm³/mol. The molecule has 2 heterocycles. The summed E-state index contributed by atoms with van der Waals surface area (Å²) in [6.07, 6.45) is 13.2. The van der Waals surface area contributed by atoms with Crippen molar-refractivity contribution in [1.82, 2.24) is 0 Å². The first-order chi connectivity index (χ1) is 10.8. The van der Waals surface area contributed by atoms with Gasteiger partial charge in [-0.25, -0.2) is 0 Å². The number of halogens is 1. The number of thiophene rings is 2. The van der Waals surface area contributed by atoms with Gasteiger partial charge >= 0.3 is 23.1 Å². The van der Waals surface area contributed by atoms with Gasteiger partial charge in [0.1, 0.15) is 0 Å². The van der Waals surface area contributed by atoms with Crippen molar-refractivity contribution in [2.24, 2.45) is 0 Å². The maximum Gasteiger partial charge on any atom is 2.00 e. The van der Waals surface area contributed by atoms with Crippen LogP contribution in [0.1, 0.15) is 76.3 Å². The van der Waals surface area contributed by atoms with Crippen molar-refractivity contribution < 1.29 is 17.0 Å². The molecule has 0 aromatic carbocycles. The second-order valence-electron chi connectivity index (χ2n) is 6.13. The van der Waals surface area contributed by atoms with Crippen molar-refractivity contribution in [3.8, 4) is 9.75 Å². The molecule has 0 fully saturated rings. The van der Waals surface area contributed by atoms with Crippen LogP contribution in [-0.4, -0.2) is 23.1 Å². The van der Waals surface area contributed by atoms with Gasteiger partial charge in [-0.2, -0.15) is 23.0 Å². The molecule has 0 saturated heterocycles. The summed E-state index contributed by atoms with van der Waals surface area (Å²) in [7, 11) is 0. The molecule has 24 heavy (non-hydrogen) atoms. The fourth-order valence-corrected chi connectivity index (χ4v) is 4.77. The molecule has 0 N–H and O–H groups in total. The van der Waals surface area contributed by atoms with Gasteiger partial charge in [0.25, 0.3) is 0 Å². The van der Waals surface area contributed by atoms with E-state index in [2.05, 4.69) is 36.7 Å². The Bertz CT molecular complexity index is 533. The molecule has 0 aliphatic heterocycles. The zero-order valence-corrected chi connectivity index (χ0v) is 19.8. The van der Waals surface area contributed by atoms with Crippen molar-refractivity contribution in [3.63, 3.8) is 0 Å². The van der Waals surface area contributed by atoms with Crippen molar-refractivity contribution in [2.75, 3.05) is 0 Å². The average Bonchev–Trinajstić information content (AvgIpc) is 3.17. The Hall–Kier alpha value is 0.646. The van der Waals surface area contributed by atoms with Crippen molar-refractivity contribution >= 4 is 45.7 Å². The first-order valence-electron chi connectivity index (χ1n) is 8.92. The first-order valence-corrected chi connectivity index (χ1v) is 10.6. The minimum Gasteiger partial charge on any atom is -1.00 e. The fraction of sp³-hybridized carbons (Fsp3) is 0.600. The summed E-state index contributed by atoms with van der Waals surface area (Å²) in [6.45, 7) is 4.55. The Labute approximate surface area is 183 Å². The molecule has 2 aromatic rings. The Morgan fingerprint density at radius 2 is 1.58 bits per heavy atom. The third-order valence-electron chi connectivity index (χ3n) is 4.17. The number of aryl methyl sites for hydroxylation is 2. The molecule has 0 saturated carbocycles. The van der Waals surface area contributed by atoms with E-state index in [9.17, 15) is 0 Å². The zero-order chi connectivity index (χ0) is 15.6. The van der Waals surface area contributed by atoms with E-state index in [0.717, 1.165) is 0 Å². The van der Waals surface area contributed by atoms with Crippen LogP contribution in [0.5, 0.6) is 0 Å². The molecule has 2 aromatic heterocycles. The van der Waals surface area contributed by atoms with Crippen LogP contribution in [-0.2, 0) is 12.8 Å². The van der Waals surface area contributed by atoms with Crippen LogP contribution in [0.4, 0.5) is 0 Å². The summed E-state index contributed by atoms with van der Waals surface area (Å²) in [5, 5.41) is 5.78. The van der Waals surface area contributed by atoms with Crippen LogP contribution in [0.3, 0.4) is 0 Å². The molecule has 2 rings (SSSR count). The fourth-order valence-electron chi connectivity index (χ4n) is 2.81. The topological polar surface area (TPSA) is 0 Å². The molecule has 0 bridgehead atoms. The molecular weight excluding hydrogens is 409 g/mol. The third kappa shape index (κ3) is 8.35. The van der Waals surface area contributed by atoms with E-state index in [-0.39, 0.29) is 40.0 Å². The smallest absolute Gasteiger partial charge is 1.00 e. The standard InChI is InChI=1S/C20H29S2.BrH.Mg/c1-3-5-7-9-11-17-15-19(22-16-17)20-18(13-14-21-20)12-10-8-6-4-2;;/h13-15H,3-12H2,1-2H3;1H;/q-1;;+2/p-1. The van der Waals surface area contributed by atoms with Crippen LogP contribution < -0.4 is 17.0 Å². The van der Waals surface area contributed by atoms with E-state index in [1.54, 1.807) is 5.56 Å². The van der Waals surface area contributed by atoms with Crippen molar-refractivity contribution in [3.05, 3.63) is 34.0 Å². The zero-order valence-electron chi connectivity index (χ0n) is 15.2. The summed E-state index contributed by atoms with van der Waals surface area (Å²) < 4.78 is 0. The maximum absolute atomic E-state index is 3.52. The van der Waals surface area contributed by atoms with Gasteiger partial charge < -0.3 is 17.0 Å². The van der Waals surface area contributed by atoms with E-state index in [1.807, 2.05) is 22.7 Å². The molecule has 130 valence electrons. The summed E-state index contributed by atoms with van der Waals surface area (Å²) in [6, 6.07) is 4.71. The summed E-state index contributed by atoms with van der Waals surface area (Å²) in [4.78, 5) is 2.93. The van der Waals surface area contributed by atoms with E-state index < -0.39 is 0 Å². The Morgan fingerprint density at radius 3 is 2.25 bits per heavy atom. The number of hydrogen-bond acceptors (Lipinski definition) is 2. The Balaban J connectivity index is 0.00000264. The SMILES string of the molecule is CCCCCCc1[c-]sc(-c2sccc2CCCCCC)c1.[Br-].[Mg+2]. The first kappa shape index (κ1) is 24.6. The molecule has 0 unspecified atom stereocenters. The largest absolute Gasteiger partial charge is 2.00 e. The van der Waals surface area contributed by atoms with Gasteiger partial charge in [-0.05, 0) is 34.7 Å². The molecule has 4 heteroatoms. The summed E-state index contributed by atoms with van der Waals surface area (Å²) in [5.41, 5.74) is 2.97. The molecule has 0 aliphatic rings. The Kier molecular flexibility index (Phi) is 15.2. The van der Waals surface area contributed by atoms with Gasteiger partial charge in [-0.15, -0.1) is 10.3 Å². The third-order valence-corrected chi connectivity index (χ3v) is 6.19. The van der Waals surface area contributed by atoms with Gasteiger partial charge in [-0.1, -0.05) is 65.2 Å². The van der Waals surface area contributed by atoms with Crippen LogP contribution in [0.2, 0.25) is 0 Å². The van der Waals surface area contributed by atoms with Gasteiger partial charge in [0, 0.05) is 0 Å². The minimum absolute atomic E-state index is 0. The molecule has 0 radical (unpaired) electrons. The monoisotopic (exact) mass is 436 g/mol. The van der Waals surface area contributed by atoms with E-state index in [4.69, 9.17) is 0 Å². The second-order valence-corrected chi connectivity index (χ2v) is 7.90. The van der Waals surface area contributed by atoms with E-state index in [1.165, 1.54) is 79.5 Å². The molecule has 0 nitrogen and oxygen atoms in total. The molecule has 0 spiro atoms. The van der Waals surface area contributed by atoms with Gasteiger partial charge in [0.2, 0.25) is 0 Å². The van der Waals surface area contributed by atoms with Crippen LogP contribution in [0.25, 0.3) is 9.75 Å². The molecular formula is C20H29BrMgS2. The maximum atomic E-state index is 3.52.